The highest BCUT2D eigenvalue weighted by molar-refractivity contribution is 7.89. The van der Waals surface area contributed by atoms with Gasteiger partial charge >= 0.3 is 5.97 Å². The van der Waals surface area contributed by atoms with Gasteiger partial charge in [-0.05, 0) is 35.6 Å². The summed E-state index contributed by atoms with van der Waals surface area (Å²) in [6, 6.07) is 7.98. The van der Waals surface area contributed by atoms with Crippen molar-refractivity contribution in [2.24, 2.45) is 0 Å². The molecule has 0 fully saturated rings. The number of benzene rings is 1. The lowest BCUT2D eigenvalue weighted by atomic mass is 10.2. The SMILES string of the molecule is COc1ccccc1S(=O)(=O)N(CCc1sccc1C=CCO)CC(=O)O. The number of aliphatic hydroxyl groups excluding tert-OH is 1. The molecule has 0 bridgehead atoms. The molecular formula is C18H21NO6S2. The van der Waals surface area contributed by atoms with Crippen LogP contribution in [0.4, 0.5) is 0 Å². The molecular weight excluding hydrogens is 390 g/mol. The summed E-state index contributed by atoms with van der Waals surface area (Å²) in [7, 11) is -2.69. The van der Waals surface area contributed by atoms with E-state index in [1.807, 2.05) is 11.4 Å². The third kappa shape index (κ3) is 5.39. The summed E-state index contributed by atoms with van der Waals surface area (Å²) >= 11 is 1.45. The van der Waals surface area contributed by atoms with Crippen molar-refractivity contribution in [2.75, 3.05) is 26.8 Å². The smallest absolute Gasteiger partial charge is 0.318 e. The zero-order chi connectivity index (χ0) is 19.9. The summed E-state index contributed by atoms with van der Waals surface area (Å²) < 4.78 is 32.1. The third-order valence-electron chi connectivity index (χ3n) is 3.77. The van der Waals surface area contributed by atoms with Gasteiger partial charge in [0.15, 0.2) is 0 Å². The van der Waals surface area contributed by atoms with Crippen molar-refractivity contribution in [3.8, 4) is 5.75 Å². The number of nitrogens with zero attached hydrogens (tertiary/aromatic N) is 1. The minimum Gasteiger partial charge on any atom is -0.495 e. The summed E-state index contributed by atoms with van der Waals surface area (Å²) in [5, 5.41) is 19.9. The fourth-order valence-corrected chi connectivity index (χ4v) is 4.92. The van der Waals surface area contributed by atoms with Crippen molar-refractivity contribution < 1.29 is 28.2 Å². The van der Waals surface area contributed by atoms with Crippen LogP contribution in [0.1, 0.15) is 10.4 Å². The van der Waals surface area contributed by atoms with Crippen molar-refractivity contribution in [3.63, 3.8) is 0 Å². The van der Waals surface area contributed by atoms with Gasteiger partial charge in [0.2, 0.25) is 10.0 Å². The maximum Gasteiger partial charge on any atom is 0.318 e. The number of carbonyl (C=O) groups is 1. The standard InChI is InChI=1S/C18H21NO6S2/c1-25-15-6-2-3-7-17(15)27(23,24)19(13-18(21)22)10-8-16-14(5-4-11-20)9-12-26-16/h2-7,9,12,20H,8,10-11,13H2,1H3,(H,21,22). The van der Waals surface area contributed by atoms with Gasteiger partial charge in [-0.2, -0.15) is 4.31 Å². The quantitative estimate of drug-likeness (QED) is 0.620. The molecule has 0 aliphatic rings. The molecule has 1 aromatic carbocycles. The number of carboxylic acid groups (broad SMARTS) is 1. The molecule has 0 radical (unpaired) electrons. The highest BCUT2D eigenvalue weighted by atomic mass is 32.2. The molecule has 0 unspecified atom stereocenters. The van der Waals surface area contributed by atoms with Crippen LogP contribution in [0.25, 0.3) is 6.08 Å². The van der Waals surface area contributed by atoms with E-state index < -0.39 is 22.5 Å². The minimum atomic E-state index is -4.05. The Morgan fingerprint density at radius 2 is 2.04 bits per heavy atom. The Morgan fingerprint density at radius 1 is 1.30 bits per heavy atom. The maximum absolute atomic E-state index is 13.0. The number of carboxylic acids is 1. The average molecular weight is 412 g/mol. The molecule has 0 aliphatic carbocycles. The molecule has 27 heavy (non-hydrogen) atoms. The van der Waals surface area contributed by atoms with Crippen LogP contribution in [-0.2, 0) is 21.2 Å². The predicted octanol–water partition coefficient (Wildman–Crippen LogP) is 2.08. The van der Waals surface area contributed by atoms with Crippen LogP contribution in [0.15, 0.2) is 46.7 Å². The van der Waals surface area contributed by atoms with Gasteiger partial charge in [0.1, 0.15) is 17.2 Å². The van der Waals surface area contributed by atoms with Crippen molar-refractivity contribution in [3.05, 3.63) is 52.2 Å². The Labute approximate surface area is 162 Å². The second-order valence-electron chi connectivity index (χ2n) is 5.52. The Bertz CT molecular complexity index is 904. The number of para-hydroxylation sites is 1. The maximum atomic E-state index is 13.0. The van der Waals surface area contributed by atoms with Crippen LogP contribution in [0.5, 0.6) is 5.75 Å². The molecule has 7 nitrogen and oxygen atoms in total. The number of ether oxygens (including phenoxy) is 1. The second-order valence-corrected chi connectivity index (χ2v) is 8.42. The lowest BCUT2D eigenvalue weighted by Gasteiger charge is -2.21. The summed E-state index contributed by atoms with van der Waals surface area (Å²) in [4.78, 5) is 12.1. The Hall–Kier alpha value is -2.20. The van der Waals surface area contributed by atoms with Crippen LogP contribution in [0.3, 0.4) is 0 Å². The van der Waals surface area contributed by atoms with E-state index in [1.54, 1.807) is 24.3 Å². The predicted molar refractivity (Wildman–Crippen MR) is 104 cm³/mol. The number of sulfonamides is 1. The van der Waals surface area contributed by atoms with Crippen molar-refractivity contribution in [1.82, 2.24) is 4.31 Å². The largest absolute Gasteiger partial charge is 0.495 e. The van der Waals surface area contributed by atoms with Gasteiger partial charge in [-0.15, -0.1) is 11.3 Å². The number of rotatable bonds is 10. The number of aliphatic carboxylic acids is 1. The zero-order valence-corrected chi connectivity index (χ0v) is 16.4. The van der Waals surface area contributed by atoms with Crippen molar-refractivity contribution >= 4 is 33.4 Å². The molecule has 0 aliphatic heterocycles. The van der Waals surface area contributed by atoms with E-state index in [4.69, 9.17) is 9.84 Å². The minimum absolute atomic E-state index is 0.00710. The number of hydrogen-bond donors (Lipinski definition) is 2. The molecule has 9 heteroatoms. The zero-order valence-electron chi connectivity index (χ0n) is 14.7. The summed E-state index contributed by atoms with van der Waals surface area (Å²) in [6.45, 7) is -0.733. The molecule has 0 saturated heterocycles. The van der Waals surface area contributed by atoms with E-state index in [0.717, 1.165) is 14.7 Å². The molecule has 2 aromatic rings. The van der Waals surface area contributed by atoms with Gasteiger partial charge in [0, 0.05) is 11.4 Å². The first kappa shape index (κ1) is 21.1. The Morgan fingerprint density at radius 3 is 2.70 bits per heavy atom. The number of methoxy groups -OCH3 is 1. The number of thiophene rings is 1. The van der Waals surface area contributed by atoms with Crippen molar-refractivity contribution in [1.29, 1.82) is 0 Å². The monoisotopic (exact) mass is 411 g/mol. The molecule has 1 heterocycles. The first-order valence-electron chi connectivity index (χ1n) is 8.09. The Kier molecular flexibility index (Phi) is 7.55. The van der Waals surface area contributed by atoms with E-state index in [9.17, 15) is 18.3 Å². The number of hydrogen-bond acceptors (Lipinski definition) is 6. The van der Waals surface area contributed by atoms with Crippen molar-refractivity contribution in [2.45, 2.75) is 11.3 Å². The first-order valence-corrected chi connectivity index (χ1v) is 10.4. The van der Waals surface area contributed by atoms with E-state index >= 15 is 0 Å². The lowest BCUT2D eigenvalue weighted by Crippen LogP contribution is -2.37. The van der Waals surface area contributed by atoms with E-state index in [2.05, 4.69) is 0 Å². The summed E-state index contributed by atoms with van der Waals surface area (Å²) in [5.41, 5.74) is 0.874. The molecule has 1 aromatic heterocycles. The normalized spacial score (nSPS) is 12.0. The van der Waals surface area contributed by atoms with E-state index in [0.29, 0.717) is 6.42 Å². The topological polar surface area (TPSA) is 104 Å². The molecule has 0 spiro atoms. The molecule has 0 amide bonds. The molecule has 2 rings (SSSR count). The van der Waals surface area contributed by atoms with Gasteiger partial charge in [0.05, 0.1) is 13.7 Å². The fraction of sp³-hybridized carbons (Fsp3) is 0.278. The van der Waals surface area contributed by atoms with E-state index in [1.165, 1.54) is 30.6 Å². The van der Waals surface area contributed by atoms with Crippen LogP contribution in [0.2, 0.25) is 0 Å². The molecule has 0 atom stereocenters. The molecule has 146 valence electrons. The van der Waals surface area contributed by atoms with Gasteiger partial charge < -0.3 is 14.9 Å². The van der Waals surface area contributed by atoms with Gasteiger partial charge in [-0.1, -0.05) is 24.3 Å². The van der Waals surface area contributed by atoms with E-state index in [-0.39, 0.29) is 23.8 Å². The first-order chi connectivity index (χ1) is 12.9. The highest BCUT2D eigenvalue weighted by Crippen LogP contribution is 2.27. The van der Waals surface area contributed by atoms with Crippen LogP contribution >= 0.6 is 11.3 Å². The number of aliphatic hydroxyl groups is 1. The third-order valence-corrected chi connectivity index (χ3v) is 6.65. The fourth-order valence-electron chi connectivity index (χ4n) is 2.51. The van der Waals surface area contributed by atoms with Gasteiger partial charge in [-0.3, -0.25) is 4.79 Å². The Balaban J connectivity index is 2.29. The van der Waals surface area contributed by atoms with Gasteiger partial charge in [0.25, 0.3) is 0 Å². The summed E-state index contributed by atoms with van der Waals surface area (Å²) in [6.07, 6.45) is 3.69. The average Bonchev–Trinajstić information content (AvgIpc) is 3.10. The molecule has 2 N–H and O–H groups in total. The van der Waals surface area contributed by atoms with Crippen LogP contribution < -0.4 is 4.74 Å². The second kappa shape index (κ2) is 9.65. The van der Waals surface area contributed by atoms with Crippen LogP contribution in [0, 0.1) is 0 Å². The van der Waals surface area contributed by atoms with Gasteiger partial charge in [-0.25, -0.2) is 8.42 Å². The van der Waals surface area contributed by atoms with Crippen LogP contribution in [-0.4, -0.2) is 55.7 Å². The highest BCUT2D eigenvalue weighted by Gasteiger charge is 2.29. The summed E-state index contributed by atoms with van der Waals surface area (Å²) in [5.74, 6) is -1.07. The molecule has 0 saturated carbocycles. The lowest BCUT2D eigenvalue weighted by molar-refractivity contribution is -0.137.